The van der Waals surface area contributed by atoms with Crippen molar-refractivity contribution in [2.75, 3.05) is 12.1 Å². The van der Waals surface area contributed by atoms with E-state index in [0.717, 1.165) is 17.5 Å². The highest BCUT2D eigenvalue weighted by atomic mass is 32.1. The normalized spacial score (nSPS) is 14.1. The quantitative estimate of drug-likeness (QED) is 0.486. The molecule has 0 saturated heterocycles. The number of nitrogens with zero attached hydrogens (tertiary/aromatic N) is 2. The van der Waals surface area contributed by atoms with Gasteiger partial charge in [-0.05, 0) is 35.8 Å². The SMILES string of the molecule is CCC(C)C(NC(=O)C=Cc1ccccc1)C(=O)Nc1nnc(-c2ccc3c(c2)OCO3)s1. The summed E-state index contributed by atoms with van der Waals surface area (Å²) < 4.78 is 10.7. The molecule has 3 aromatic rings. The van der Waals surface area contributed by atoms with Crippen LogP contribution in [0, 0.1) is 5.92 Å². The van der Waals surface area contributed by atoms with E-state index in [1.165, 1.54) is 17.4 Å². The molecule has 33 heavy (non-hydrogen) atoms. The Bertz CT molecular complexity index is 1160. The molecular formula is C24H24N4O4S. The molecule has 0 fully saturated rings. The molecule has 2 unspecified atom stereocenters. The van der Waals surface area contributed by atoms with Crippen molar-refractivity contribution in [3.63, 3.8) is 0 Å². The van der Waals surface area contributed by atoms with Crippen LogP contribution in [0.2, 0.25) is 0 Å². The van der Waals surface area contributed by atoms with Crippen molar-refractivity contribution in [3.8, 4) is 22.1 Å². The van der Waals surface area contributed by atoms with Crippen LogP contribution in [-0.4, -0.2) is 34.8 Å². The van der Waals surface area contributed by atoms with Gasteiger partial charge in [-0.2, -0.15) is 0 Å². The molecule has 170 valence electrons. The summed E-state index contributed by atoms with van der Waals surface area (Å²) in [6, 6.07) is 14.3. The standard InChI is InChI=1S/C24H24N4O4S/c1-3-15(2)21(25-20(29)12-9-16-7-5-4-6-8-16)22(30)26-24-28-27-23(33-24)17-10-11-18-19(13-17)32-14-31-18/h4-13,15,21H,3,14H2,1-2H3,(H,25,29)(H,26,28,30). The fourth-order valence-electron chi connectivity index (χ4n) is 3.24. The molecule has 2 amide bonds. The average Bonchev–Trinajstić information content (AvgIpc) is 3.50. The Balaban J connectivity index is 1.42. The van der Waals surface area contributed by atoms with Gasteiger partial charge in [-0.25, -0.2) is 0 Å². The molecule has 0 saturated carbocycles. The van der Waals surface area contributed by atoms with Gasteiger partial charge >= 0.3 is 0 Å². The summed E-state index contributed by atoms with van der Waals surface area (Å²) in [5, 5.41) is 14.9. The van der Waals surface area contributed by atoms with Gasteiger partial charge in [-0.15, -0.1) is 10.2 Å². The van der Waals surface area contributed by atoms with Crippen LogP contribution in [0.5, 0.6) is 11.5 Å². The lowest BCUT2D eigenvalue weighted by molar-refractivity contribution is -0.125. The molecule has 0 bridgehead atoms. The zero-order valence-corrected chi connectivity index (χ0v) is 19.1. The lowest BCUT2D eigenvalue weighted by Gasteiger charge is -2.22. The van der Waals surface area contributed by atoms with Crippen LogP contribution < -0.4 is 20.1 Å². The number of hydrogen-bond acceptors (Lipinski definition) is 7. The van der Waals surface area contributed by atoms with E-state index in [1.807, 2.05) is 62.4 Å². The van der Waals surface area contributed by atoms with E-state index in [1.54, 1.807) is 6.08 Å². The van der Waals surface area contributed by atoms with Gasteiger partial charge in [0.05, 0.1) is 0 Å². The summed E-state index contributed by atoms with van der Waals surface area (Å²) in [5.74, 6) is 0.596. The molecule has 8 nitrogen and oxygen atoms in total. The molecule has 1 aliphatic heterocycles. The number of benzene rings is 2. The van der Waals surface area contributed by atoms with Crippen LogP contribution in [0.3, 0.4) is 0 Å². The molecule has 0 spiro atoms. The minimum Gasteiger partial charge on any atom is -0.454 e. The summed E-state index contributed by atoms with van der Waals surface area (Å²) in [5.41, 5.74) is 1.72. The molecule has 0 aliphatic carbocycles. The predicted octanol–water partition coefficient (Wildman–Crippen LogP) is 4.12. The molecule has 2 N–H and O–H groups in total. The Hall–Kier alpha value is -3.72. The van der Waals surface area contributed by atoms with Crippen molar-refractivity contribution in [3.05, 3.63) is 60.2 Å². The van der Waals surface area contributed by atoms with Gasteiger partial charge in [0.2, 0.25) is 23.7 Å². The Morgan fingerprint density at radius 2 is 1.91 bits per heavy atom. The number of ether oxygens (including phenoxy) is 2. The predicted molar refractivity (Wildman–Crippen MR) is 127 cm³/mol. The number of amides is 2. The molecular weight excluding hydrogens is 440 g/mol. The minimum atomic E-state index is -0.708. The second-order valence-electron chi connectivity index (χ2n) is 7.59. The third kappa shape index (κ3) is 5.56. The number of nitrogens with one attached hydrogen (secondary N) is 2. The van der Waals surface area contributed by atoms with Crippen LogP contribution >= 0.6 is 11.3 Å². The zero-order valence-electron chi connectivity index (χ0n) is 18.3. The lowest BCUT2D eigenvalue weighted by atomic mass is 9.98. The molecule has 2 heterocycles. The van der Waals surface area contributed by atoms with Crippen molar-refractivity contribution in [2.24, 2.45) is 5.92 Å². The number of carbonyl (C=O) groups excluding carboxylic acids is 2. The summed E-state index contributed by atoms with van der Waals surface area (Å²) in [7, 11) is 0. The molecule has 9 heteroatoms. The van der Waals surface area contributed by atoms with E-state index in [2.05, 4.69) is 20.8 Å². The Labute approximate surface area is 195 Å². The average molecular weight is 465 g/mol. The van der Waals surface area contributed by atoms with E-state index < -0.39 is 6.04 Å². The van der Waals surface area contributed by atoms with Gasteiger partial charge in [0.1, 0.15) is 11.0 Å². The molecule has 2 aromatic carbocycles. The van der Waals surface area contributed by atoms with E-state index in [0.29, 0.717) is 21.6 Å². The van der Waals surface area contributed by atoms with E-state index >= 15 is 0 Å². The highest BCUT2D eigenvalue weighted by Crippen LogP contribution is 2.37. The highest BCUT2D eigenvalue weighted by molar-refractivity contribution is 7.18. The maximum atomic E-state index is 13.0. The molecule has 1 aliphatic rings. The summed E-state index contributed by atoms with van der Waals surface area (Å²) in [6.45, 7) is 4.09. The zero-order chi connectivity index (χ0) is 23.2. The number of fused-ring (bicyclic) bond motifs is 1. The molecule has 0 radical (unpaired) electrons. The van der Waals surface area contributed by atoms with Gasteiger partial charge in [-0.1, -0.05) is 61.9 Å². The van der Waals surface area contributed by atoms with Crippen LogP contribution in [-0.2, 0) is 9.59 Å². The first kappa shape index (κ1) is 22.5. The molecule has 1 aromatic heterocycles. The van der Waals surface area contributed by atoms with Crippen LogP contribution in [0.4, 0.5) is 5.13 Å². The van der Waals surface area contributed by atoms with E-state index in [9.17, 15) is 9.59 Å². The van der Waals surface area contributed by atoms with Gasteiger partial charge in [0.25, 0.3) is 0 Å². The smallest absolute Gasteiger partial charge is 0.249 e. The van der Waals surface area contributed by atoms with Crippen LogP contribution in [0.25, 0.3) is 16.6 Å². The first-order valence-electron chi connectivity index (χ1n) is 10.6. The Kier molecular flexibility index (Phi) is 6.99. The Morgan fingerprint density at radius 1 is 1.12 bits per heavy atom. The third-order valence-corrected chi connectivity index (χ3v) is 6.18. The van der Waals surface area contributed by atoms with Crippen molar-refractivity contribution in [2.45, 2.75) is 26.3 Å². The van der Waals surface area contributed by atoms with Gasteiger partial charge in [-0.3, -0.25) is 14.9 Å². The minimum absolute atomic E-state index is 0.0691. The van der Waals surface area contributed by atoms with Gasteiger partial charge in [0.15, 0.2) is 11.5 Å². The van der Waals surface area contributed by atoms with Crippen molar-refractivity contribution < 1.29 is 19.1 Å². The second kappa shape index (κ2) is 10.3. The van der Waals surface area contributed by atoms with Crippen molar-refractivity contribution >= 4 is 34.4 Å². The van der Waals surface area contributed by atoms with Gasteiger partial charge < -0.3 is 14.8 Å². The third-order valence-electron chi connectivity index (χ3n) is 5.29. The fraction of sp³-hybridized carbons (Fsp3) is 0.250. The topological polar surface area (TPSA) is 102 Å². The van der Waals surface area contributed by atoms with Gasteiger partial charge in [0, 0.05) is 11.6 Å². The second-order valence-corrected chi connectivity index (χ2v) is 8.56. The van der Waals surface area contributed by atoms with E-state index in [-0.39, 0.29) is 24.5 Å². The molecule has 4 rings (SSSR count). The number of aromatic nitrogens is 2. The lowest BCUT2D eigenvalue weighted by Crippen LogP contribution is -2.47. The molecule has 2 atom stereocenters. The van der Waals surface area contributed by atoms with Crippen molar-refractivity contribution in [1.82, 2.24) is 15.5 Å². The fourth-order valence-corrected chi connectivity index (χ4v) is 3.99. The maximum Gasteiger partial charge on any atom is 0.249 e. The van der Waals surface area contributed by atoms with Crippen LogP contribution in [0.1, 0.15) is 25.8 Å². The summed E-state index contributed by atoms with van der Waals surface area (Å²) in [6.07, 6.45) is 3.86. The van der Waals surface area contributed by atoms with Crippen molar-refractivity contribution in [1.29, 1.82) is 0 Å². The first-order chi connectivity index (χ1) is 16.0. The summed E-state index contributed by atoms with van der Waals surface area (Å²) in [4.78, 5) is 25.4. The number of anilines is 1. The highest BCUT2D eigenvalue weighted by Gasteiger charge is 2.26. The number of hydrogen-bond donors (Lipinski definition) is 2. The first-order valence-corrected chi connectivity index (χ1v) is 11.4. The van der Waals surface area contributed by atoms with E-state index in [4.69, 9.17) is 9.47 Å². The number of rotatable bonds is 8. The number of carbonyl (C=O) groups is 2. The summed E-state index contributed by atoms with van der Waals surface area (Å²) >= 11 is 1.25. The maximum absolute atomic E-state index is 13.0. The monoisotopic (exact) mass is 464 g/mol. The Morgan fingerprint density at radius 3 is 2.70 bits per heavy atom. The largest absolute Gasteiger partial charge is 0.454 e. The van der Waals surface area contributed by atoms with Crippen LogP contribution in [0.15, 0.2) is 54.6 Å².